The Hall–Kier alpha value is -0.610. The van der Waals surface area contributed by atoms with E-state index < -0.39 is 5.54 Å². The highest BCUT2D eigenvalue weighted by Gasteiger charge is 2.28. The van der Waals surface area contributed by atoms with Crippen molar-refractivity contribution in [1.29, 1.82) is 0 Å². The van der Waals surface area contributed by atoms with Gasteiger partial charge in [0.2, 0.25) is 0 Å². The van der Waals surface area contributed by atoms with Crippen LogP contribution >= 0.6 is 0 Å². The lowest BCUT2D eigenvalue weighted by molar-refractivity contribution is -0.149. The van der Waals surface area contributed by atoms with E-state index >= 15 is 0 Å². The Morgan fingerprint density at radius 2 is 2.00 bits per heavy atom. The highest BCUT2D eigenvalue weighted by atomic mass is 16.5. The Morgan fingerprint density at radius 1 is 1.33 bits per heavy atom. The van der Waals surface area contributed by atoms with Gasteiger partial charge >= 0.3 is 5.97 Å². The van der Waals surface area contributed by atoms with E-state index in [1.165, 1.54) is 0 Å². The highest BCUT2D eigenvalue weighted by molar-refractivity contribution is 5.79. The van der Waals surface area contributed by atoms with E-state index in [1.54, 1.807) is 13.8 Å². The van der Waals surface area contributed by atoms with Crippen LogP contribution in [0.15, 0.2) is 0 Å². The SMILES string of the molecule is CCCC(C)OCCCCC(C)(N)C(=O)OCC. The summed E-state index contributed by atoms with van der Waals surface area (Å²) in [6.07, 6.45) is 5.01. The Morgan fingerprint density at radius 3 is 2.56 bits per heavy atom. The van der Waals surface area contributed by atoms with Crippen molar-refractivity contribution < 1.29 is 14.3 Å². The second kappa shape index (κ2) is 9.34. The molecular formula is C14H29NO3. The molecule has 0 saturated carbocycles. The Bertz CT molecular complexity index is 229. The van der Waals surface area contributed by atoms with Crippen LogP contribution in [0.1, 0.15) is 59.8 Å². The van der Waals surface area contributed by atoms with Gasteiger partial charge in [-0.15, -0.1) is 0 Å². The van der Waals surface area contributed by atoms with Gasteiger partial charge in [0.1, 0.15) is 5.54 Å². The summed E-state index contributed by atoms with van der Waals surface area (Å²) in [5.41, 5.74) is 5.05. The van der Waals surface area contributed by atoms with E-state index in [4.69, 9.17) is 15.2 Å². The average molecular weight is 259 g/mol. The molecule has 0 spiro atoms. The molecule has 0 aromatic heterocycles. The molecule has 0 aromatic rings. The molecule has 0 amide bonds. The lowest BCUT2D eigenvalue weighted by Gasteiger charge is -2.22. The number of ether oxygens (including phenoxy) is 2. The summed E-state index contributed by atoms with van der Waals surface area (Å²) in [6, 6.07) is 0. The first kappa shape index (κ1) is 17.4. The predicted octanol–water partition coefficient (Wildman–Crippen LogP) is 2.64. The zero-order valence-electron chi connectivity index (χ0n) is 12.3. The van der Waals surface area contributed by atoms with Gasteiger partial charge in [-0.2, -0.15) is 0 Å². The van der Waals surface area contributed by atoms with Crippen LogP contribution in [0, 0.1) is 0 Å². The number of hydrogen-bond acceptors (Lipinski definition) is 4. The minimum Gasteiger partial charge on any atom is -0.465 e. The fraction of sp³-hybridized carbons (Fsp3) is 0.929. The average Bonchev–Trinajstić information content (AvgIpc) is 2.29. The minimum absolute atomic E-state index is 0.315. The fourth-order valence-electron chi connectivity index (χ4n) is 1.77. The van der Waals surface area contributed by atoms with E-state index in [1.807, 2.05) is 0 Å². The number of unbranched alkanes of at least 4 members (excludes halogenated alkanes) is 1. The quantitative estimate of drug-likeness (QED) is 0.484. The molecule has 0 fully saturated rings. The standard InChI is InChI=1S/C14H29NO3/c1-5-9-12(3)18-11-8-7-10-14(4,15)13(16)17-6-2/h12H,5-11,15H2,1-4H3. The summed E-state index contributed by atoms with van der Waals surface area (Å²) < 4.78 is 10.6. The number of esters is 1. The largest absolute Gasteiger partial charge is 0.465 e. The van der Waals surface area contributed by atoms with Crippen LogP contribution in [-0.2, 0) is 14.3 Å². The first-order valence-electron chi connectivity index (χ1n) is 7.01. The van der Waals surface area contributed by atoms with Crippen molar-refractivity contribution in [3.8, 4) is 0 Å². The van der Waals surface area contributed by atoms with Crippen LogP contribution in [0.3, 0.4) is 0 Å². The van der Waals surface area contributed by atoms with Gasteiger partial charge in [0.25, 0.3) is 0 Å². The summed E-state index contributed by atoms with van der Waals surface area (Å²) in [6.45, 7) is 8.88. The third-order valence-electron chi connectivity index (χ3n) is 2.93. The summed E-state index contributed by atoms with van der Waals surface area (Å²) >= 11 is 0. The first-order valence-corrected chi connectivity index (χ1v) is 7.01. The molecule has 2 N–H and O–H groups in total. The molecule has 4 nitrogen and oxygen atoms in total. The summed E-state index contributed by atoms with van der Waals surface area (Å²) in [5, 5.41) is 0. The van der Waals surface area contributed by atoms with Crippen molar-refractivity contribution >= 4 is 5.97 Å². The van der Waals surface area contributed by atoms with Crippen molar-refractivity contribution in [2.75, 3.05) is 13.2 Å². The van der Waals surface area contributed by atoms with Crippen molar-refractivity contribution in [2.45, 2.75) is 71.4 Å². The highest BCUT2D eigenvalue weighted by Crippen LogP contribution is 2.13. The van der Waals surface area contributed by atoms with E-state index in [2.05, 4.69) is 13.8 Å². The molecule has 4 heteroatoms. The predicted molar refractivity (Wildman–Crippen MR) is 73.4 cm³/mol. The molecule has 0 rings (SSSR count). The van der Waals surface area contributed by atoms with Crippen LogP contribution in [0.4, 0.5) is 0 Å². The summed E-state index contributed by atoms with van der Waals surface area (Å²) in [5.74, 6) is -0.315. The molecule has 2 unspecified atom stereocenters. The van der Waals surface area contributed by atoms with Crippen molar-refractivity contribution in [2.24, 2.45) is 5.73 Å². The lowest BCUT2D eigenvalue weighted by Crippen LogP contribution is -2.46. The van der Waals surface area contributed by atoms with Gasteiger partial charge < -0.3 is 15.2 Å². The van der Waals surface area contributed by atoms with Gasteiger partial charge in [-0.3, -0.25) is 4.79 Å². The van der Waals surface area contributed by atoms with E-state index in [0.717, 1.165) is 32.3 Å². The van der Waals surface area contributed by atoms with Crippen molar-refractivity contribution in [3.05, 3.63) is 0 Å². The van der Waals surface area contributed by atoms with Gasteiger partial charge in [-0.25, -0.2) is 0 Å². The van der Waals surface area contributed by atoms with E-state index in [-0.39, 0.29) is 5.97 Å². The lowest BCUT2D eigenvalue weighted by atomic mass is 9.96. The molecular weight excluding hydrogens is 230 g/mol. The molecule has 0 aromatic carbocycles. The molecule has 0 aliphatic carbocycles. The van der Waals surface area contributed by atoms with Crippen molar-refractivity contribution in [3.63, 3.8) is 0 Å². The Kier molecular flexibility index (Phi) is 9.02. The number of carbonyl (C=O) groups excluding carboxylic acids is 1. The summed E-state index contributed by atoms with van der Waals surface area (Å²) in [7, 11) is 0. The van der Waals surface area contributed by atoms with Gasteiger partial charge in [0.05, 0.1) is 12.7 Å². The molecule has 0 saturated heterocycles. The Labute approximate surface area is 111 Å². The molecule has 0 aliphatic heterocycles. The third kappa shape index (κ3) is 7.67. The maximum absolute atomic E-state index is 11.5. The Balaban J connectivity index is 3.67. The topological polar surface area (TPSA) is 61.5 Å². The third-order valence-corrected chi connectivity index (χ3v) is 2.93. The number of hydrogen-bond donors (Lipinski definition) is 1. The zero-order valence-corrected chi connectivity index (χ0v) is 12.3. The molecule has 0 aliphatic rings. The van der Waals surface area contributed by atoms with Crippen LogP contribution in [0.5, 0.6) is 0 Å². The van der Waals surface area contributed by atoms with Crippen LogP contribution < -0.4 is 5.73 Å². The van der Waals surface area contributed by atoms with Crippen LogP contribution in [-0.4, -0.2) is 30.8 Å². The van der Waals surface area contributed by atoms with Gasteiger partial charge in [0, 0.05) is 6.61 Å². The molecule has 108 valence electrons. The van der Waals surface area contributed by atoms with Crippen LogP contribution in [0.25, 0.3) is 0 Å². The minimum atomic E-state index is -0.870. The van der Waals surface area contributed by atoms with Crippen molar-refractivity contribution in [1.82, 2.24) is 0 Å². The van der Waals surface area contributed by atoms with Gasteiger partial charge in [-0.05, 0) is 46.5 Å². The zero-order chi connectivity index (χ0) is 14.0. The van der Waals surface area contributed by atoms with Gasteiger partial charge in [0.15, 0.2) is 0 Å². The number of nitrogens with two attached hydrogens (primary N) is 1. The maximum Gasteiger partial charge on any atom is 0.325 e. The molecule has 2 atom stereocenters. The van der Waals surface area contributed by atoms with Crippen LogP contribution in [0.2, 0.25) is 0 Å². The summed E-state index contributed by atoms with van der Waals surface area (Å²) in [4.78, 5) is 11.5. The molecule has 0 radical (unpaired) electrons. The molecule has 18 heavy (non-hydrogen) atoms. The maximum atomic E-state index is 11.5. The monoisotopic (exact) mass is 259 g/mol. The fourth-order valence-corrected chi connectivity index (χ4v) is 1.77. The van der Waals surface area contributed by atoms with E-state index in [9.17, 15) is 4.79 Å². The van der Waals surface area contributed by atoms with Gasteiger partial charge in [-0.1, -0.05) is 13.3 Å². The second-order valence-electron chi connectivity index (χ2n) is 5.07. The van der Waals surface area contributed by atoms with E-state index in [0.29, 0.717) is 19.1 Å². The molecule has 0 bridgehead atoms. The normalized spacial score (nSPS) is 16.1. The first-order chi connectivity index (χ1) is 8.44. The second-order valence-corrected chi connectivity index (χ2v) is 5.07. The number of carbonyl (C=O) groups is 1. The number of rotatable bonds is 10. The smallest absolute Gasteiger partial charge is 0.325 e. The molecule has 0 heterocycles.